The first-order valence-electron chi connectivity index (χ1n) is 7.49. The summed E-state index contributed by atoms with van der Waals surface area (Å²) in [5.41, 5.74) is 0.312. The number of nitrogens with one attached hydrogen (secondary N) is 1. The third-order valence-corrected chi connectivity index (χ3v) is 6.61. The van der Waals surface area contributed by atoms with Gasteiger partial charge < -0.3 is 10.1 Å². The van der Waals surface area contributed by atoms with E-state index in [1.807, 2.05) is 0 Å². The van der Waals surface area contributed by atoms with Gasteiger partial charge in [0.05, 0.1) is 12.0 Å². The van der Waals surface area contributed by atoms with Crippen LogP contribution in [-0.2, 0) is 9.53 Å². The Morgan fingerprint density at radius 3 is 2.89 bits per heavy atom. The number of esters is 1. The predicted molar refractivity (Wildman–Crippen MR) is 67.8 cm³/mol. The van der Waals surface area contributed by atoms with Crippen LogP contribution in [0.4, 0.5) is 0 Å². The Kier molecular flexibility index (Phi) is 2.07. The van der Waals surface area contributed by atoms with Gasteiger partial charge in [-0.05, 0) is 42.6 Å². The first-order chi connectivity index (χ1) is 8.55. The number of fused-ring (bicyclic) bond motifs is 4. The minimum Gasteiger partial charge on any atom is -0.460 e. The standard InChI is InChI=1S/C15H23NO2/c1-7(2)10-11-9-5-4-8-6-16-13(15(8,9)3)12(10)18-14(11)17/h7-13,16H,4-6H2,1-3H3. The van der Waals surface area contributed by atoms with Crippen LogP contribution in [0.15, 0.2) is 0 Å². The van der Waals surface area contributed by atoms with Gasteiger partial charge in [0.15, 0.2) is 0 Å². The highest BCUT2D eigenvalue weighted by molar-refractivity contribution is 5.77. The minimum atomic E-state index is 0.0989. The Hall–Kier alpha value is -0.570. The first kappa shape index (κ1) is 11.3. The van der Waals surface area contributed by atoms with Crippen molar-refractivity contribution in [1.29, 1.82) is 0 Å². The molecule has 2 aliphatic carbocycles. The Balaban J connectivity index is 1.83. The molecule has 100 valence electrons. The number of ether oxygens (including phenoxy) is 1. The summed E-state index contributed by atoms with van der Waals surface area (Å²) >= 11 is 0. The molecule has 2 aliphatic heterocycles. The molecule has 2 heterocycles. The fourth-order valence-electron chi connectivity index (χ4n) is 5.81. The van der Waals surface area contributed by atoms with Crippen LogP contribution < -0.4 is 5.32 Å². The Morgan fingerprint density at radius 2 is 2.17 bits per heavy atom. The molecule has 2 saturated heterocycles. The van der Waals surface area contributed by atoms with E-state index in [4.69, 9.17) is 4.74 Å². The Bertz CT molecular complexity index is 407. The van der Waals surface area contributed by atoms with E-state index in [9.17, 15) is 4.79 Å². The summed E-state index contributed by atoms with van der Waals surface area (Å²) in [6.45, 7) is 8.04. The summed E-state index contributed by atoms with van der Waals surface area (Å²) in [5, 5.41) is 3.69. The number of carbonyl (C=O) groups is 1. The average Bonchev–Trinajstić information content (AvgIpc) is 2.88. The van der Waals surface area contributed by atoms with Crippen molar-refractivity contribution in [2.75, 3.05) is 6.54 Å². The quantitative estimate of drug-likeness (QED) is 0.720. The lowest BCUT2D eigenvalue weighted by Crippen LogP contribution is -2.57. The van der Waals surface area contributed by atoms with Crippen molar-refractivity contribution in [2.24, 2.45) is 35.0 Å². The average molecular weight is 249 g/mol. The highest BCUT2D eigenvalue weighted by Crippen LogP contribution is 2.64. The molecule has 4 fully saturated rings. The minimum absolute atomic E-state index is 0.0989. The normalized spacial score (nSPS) is 57.0. The molecule has 2 bridgehead atoms. The second-order valence-electron chi connectivity index (χ2n) is 7.38. The molecule has 0 aromatic carbocycles. The summed E-state index contributed by atoms with van der Waals surface area (Å²) in [6, 6.07) is 0.407. The molecule has 0 amide bonds. The van der Waals surface area contributed by atoms with Crippen LogP contribution >= 0.6 is 0 Å². The van der Waals surface area contributed by atoms with Crippen LogP contribution in [-0.4, -0.2) is 24.7 Å². The molecular formula is C15H23NO2. The van der Waals surface area contributed by atoms with Crippen LogP contribution in [0.5, 0.6) is 0 Å². The molecule has 0 spiro atoms. The molecule has 18 heavy (non-hydrogen) atoms. The van der Waals surface area contributed by atoms with Gasteiger partial charge in [-0.15, -0.1) is 0 Å². The van der Waals surface area contributed by atoms with Crippen LogP contribution in [0.2, 0.25) is 0 Å². The summed E-state index contributed by atoms with van der Waals surface area (Å²) in [6.07, 6.45) is 2.66. The monoisotopic (exact) mass is 249 g/mol. The van der Waals surface area contributed by atoms with Gasteiger partial charge in [-0.2, -0.15) is 0 Å². The molecule has 2 saturated carbocycles. The summed E-state index contributed by atoms with van der Waals surface area (Å²) in [5.74, 6) is 2.58. The number of rotatable bonds is 1. The van der Waals surface area contributed by atoms with E-state index in [-0.39, 0.29) is 18.0 Å². The van der Waals surface area contributed by atoms with E-state index < -0.39 is 0 Å². The zero-order valence-corrected chi connectivity index (χ0v) is 11.5. The van der Waals surface area contributed by atoms with Gasteiger partial charge in [0.25, 0.3) is 0 Å². The van der Waals surface area contributed by atoms with Gasteiger partial charge in [0.2, 0.25) is 0 Å². The lowest BCUT2D eigenvalue weighted by Gasteiger charge is -2.48. The van der Waals surface area contributed by atoms with Crippen molar-refractivity contribution in [2.45, 2.75) is 45.8 Å². The second-order valence-corrected chi connectivity index (χ2v) is 7.38. The summed E-state index contributed by atoms with van der Waals surface area (Å²) in [4.78, 5) is 12.3. The van der Waals surface area contributed by atoms with Gasteiger partial charge in [-0.25, -0.2) is 0 Å². The van der Waals surface area contributed by atoms with E-state index in [1.165, 1.54) is 12.8 Å². The van der Waals surface area contributed by atoms with E-state index in [1.54, 1.807) is 0 Å². The topological polar surface area (TPSA) is 38.3 Å². The maximum Gasteiger partial charge on any atom is 0.310 e. The number of carbonyl (C=O) groups excluding carboxylic acids is 1. The van der Waals surface area contributed by atoms with Crippen molar-refractivity contribution in [3.63, 3.8) is 0 Å². The van der Waals surface area contributed by atoms with Crippen LogP contribution in [0, 0.1) is 35.0 Å². The van der Waals surface area contributed by atoms with Gasteiger partial charge in [-0.1, -0.05) is 20.8 Å². The molecule has 4 aliphatic rings. The third kappa shape index (κ3) is 1.05. The predicted octanol–water partition coefficient (Wildman–Crippen LogP) is 1.82. The molecule has 4 rings (SSSR count). The SMILES string of the molecule is CC(C)C1C2OC(=O)C1C1CCC3CNC2C31C. The Morgan fingerprint density at radius 1 is 1.39 bits per heavy atom. The molecule has 0 radical (unpaired) electrons. The molecule has 7 atom stereocenters. The van der Waals surface area contributed by atoms with E-state index in [2.05, 4.69) is 26.1 Å². The van der Waals surface area contributed by atoms with Crippen LogP contribution in [0.3, 0.4) is 0 Å². The van der Waals surface area contributed by atoms with Gasteiger partial charge in [0.1, 0.15) is 6.10 Å². The lowest BCUT2D eigenvalue weighted by molar-refractivity contribution is -0.144. The van der Waals surface area contributed by atoms with E-state index >= 15 is 0 Å². The zero-order chi connectivity index (χ0) is 12.7. The molecule has 0 aromatic heterocycles. The summed E-state index contributed by atoms with van der Waals surface area (Å²) in [7, 11) is 0. The van der Waals surface area contributed by atoms with Crippen molar-refractivity contribution < 1.29 is 9.53 Å². The van der Waals surface area contributed by atoms with Crippen LogP contribution in [0.1, 0.15) is 33.6 Å². The van der Waals surface area contributed by atoms with Crippen LogP contribution in [0.25, 0.3) is 0 Å². The zero-order valence-electron chi connectivity index (χ0n) is 11.5. The maximum absolute atomic E-state index is 12.3. The van der Waals surface area contributed by atoms with Gasteiger partial charge >= 0.3 is 5.97 Å². The second kappa shape index (κ2) is 3.30. The molecule has 1 N–H and O–H groups in total. The lowest BCUT2D eigenvalue weighted by atomic mass is 9.55. The van der Waals surface area contributed by atoms with E-state index in [0.29, 0.717) is 29.2 Å². The molecular weight excluding hydrogens is 226 g/mol. The molecule has 3 nitrogen and oxygen atoms in total. The number of hydrogen-bond acceptors (Lipinski definition) is 3. The van der Waals surface area contributed by atoms with E-state index in [0.717, 1.165) is 12.5 Å². The van der Waals surface area contributed by atoms with Crippen molar-refractivity contribution in [1.82, 2.24) is 5.32 Å². The van der Waals surface area contributed by atoms with Gasteiger partial charge in [0, 0.05) is 5.92 Å². The summed E-state index contributed by atoms with van der Waals surface area (Å²) < 4.78 is 5.79. The Labute approximate surface area is 109 Å². The first-order valence-corrected chi connectivity index (χ1v) is 7.49. The fraction of sp³-hybridized carbons (Fsp3) is 0.933. The molecule has 0 aromatic rings. The highest BCUT2D eigenvalue weighted by Gasteiger charge is 2.70. The molecule has 3 heteroatoms. The largest absolute Gasteiger partial charge is 0.460 e. The van der Waals surface area contributed by atoms with Crippen molar-refractivity contribution in [3.05, 3.63) is 0 Å². The fourth-order valence-corrected chi connectivity index (χ4v) is 5.81. The van der Waals surface area contributed by atoms with Gasteiger partial charge in [-0.3, -0.25) is 4.79 Å². The third-order valence-electron chi connectivity index (χ3n) is 6.61. The maximum atomic E-state index is 12.3. The van der Waals surface area contributed by atoms with Crippen molar-refractivity contribution in [3.8, 4) is 0 Å². The number of hydrogen-bond donors (Lipinski definition) is 1. The smallest absolute Gasteiger partial charge is 0.310 e. The molecule has 7 unspecified atom stereocenters. The highest BCUT2D eigenvalue weighted by atomic mass is 16.6. The van der Waals surface area contributed by atoms with Crippen molar-refractivity contribution >= 4 is 5.97 Å².